The Morgan fingerprint density at radius 2 is 1.22 bits per heavy atom. The van der Waals surface area contributed by atoms with Gasteiger partial charge in [0.1, 0.15) is 12.1 Å². The number of nitrogens with zero attached hydrogens (tertiary/aromatic N) is 5. The van der Waals surface area contributed by atoms with E-state index in [1.807, 2.05) is 0 Å². The lowest BCUT2D eigenvalue weighted by molar-refractivity contribution is -0.132. The van der Waals surface area contributed by atoms with E-state index in [0.29, 0.717) is 77.4 Å². The fourth-order valence-electron chi connectivity index (χ4n) is 4.33. The van der Waals surface area contributed by atoms with Crippen molar-refractivity contribution in [2.24, 2.45) is 49.5 Å². The molecule has 19 nitrogen and oxygen atoms in total. The van der Waals surface area contributed by atoms with Crippen LogP contribution in [0.1, 0.15) is 71.1 Å². The number of nitrogens with one attached hydrogen (secondary N) is 4. The summed E-state index contributed by atoms with van der Waals surface area (Å²) in [6, 6.07) is -2.98. The third-order valence-corrected chi connectivity index (χ3v) is 6.59. The summed E-state index contributed by atoms with van der Waals surface area (Å²) in [5.41, 5.74) is 41.2. The van der Waals surface area contributed by atoms with E-state index in [1.54, 1.807) is 0 Å². The van der Waals surface area contributed by atoms with Gasteiger partial charge in [0.05, 0.1) is 6.04 Å². The zero-order chi connectivity index (χ0) is 34.0. The molecule has 0 saturated heterocycles. The van der Waals surface area contributed by atoms with E-state index in [9.17, 15) is 19.2 Å². The van der Waals surface area contributed by atoms with Gasteiger partial charge in [-0.1, -0.05) is 11.5 Å². The number of guanidine groups is 2. The Kier molecular flexibility index (Phi) is 22.6. The lowest BCUT2D eigenvalue weighted by atomic mass is 10.0. The minimum Gasteiger partial charge on any atom is -0.370 e. The van der Waals surface area contributed by atoms with Gasteiger partial charge in [0, 0.05) is 44.1 Å². The Labute approximate surface area is 264 Å². The molecule has 0 spiro atoms. The van der Waals surface area contributed by atoms with Crippen LogP contribution >= 0.6 is 0 Å². The molecule has 0 heterocycles. The first-order valence-electron chi connectivity index (χ1n) is 15.1. The second-order valence-electron chi connectivity index (χ2n) is 10.5. The zero-order valence-electron chi connectivity index (χ0n) is 26.2. The lowest BCUT2D eigenvalue weighted by Crippen LogP contribution is -2.56. The number of hydrogen-bond acceptors (Lipinski definition) is 9. The van der Waals surface area contributed by atoms with Crippen LogP contribution in [-0.2, 0) is 19.2 Å². The molecule has 0 unspecified atom stereocenters. The molecule has 16 N–H and O–H groups in total. The van der Waals surface area contributed by atoms with Crippen LogP contribution in [0.25, 0.3) is 10.4 Å². The predicted octanol–water partition coefficient (Wildman–Crippen LogP) is -2.38. The Balaban J connectivity index is 5.69. The highest BCUT2D eigenvalue weighted by Gasteiger charge is 2.27. The van der Waals surface area contributed by atoms with Crippen molar-refractivity contribution in [3.05, 3.63) is 10.4 Å². The zero-order valence-corrected chi connectivity index (χ0v) is 26.2. The first-order chi connectivity index (χ1) is 21.4. The summed E-state index contributed by atoms with van der Waals surface area (Å²) in [7, 11) is 0. The maximum atomic E-state index is 13.5. The largest absolute Gasteiger partial charge is 0.370 e. The van der Waals surface area contributed by atoms with Gasteiger partial charge in [-0.15, -0.1) is 0 Å². The molecule has 0 fully saturated rings. The molecule has 4 atom stereocenters. The molecule has 0 aliphatic rings. The molecular weight excluding hydrogens is 586 g/mol. The molecule has 0 saturated carbocycles. The molecule has 0 aliphatic heterocycles. The first-order valence-corrected chi connectivity index (χ1v) is 15.1. The number of carbonyl (C=O) groups excluding carboxylic acids is 4. The van der Waals surface area contributed by atoms with Gasteiger partial charge in [-0.2, -0.15) is 0 Å². The quantitative estimate of drug-likeness (QED) is 0.0120. The molecule has 4 amide bonds. The van der Waals surface area contributed by atoms with Crippen molar-refractivity contribution in [1.29, 1.82) is 0 Å². The summed E-state index contributed by atoms with van der Waals surface area (Å²) < 4.78 is 0. The van der Waals surface area contributed by atoms with E-state index < -0.39 is 47.8 Å². The summed E-state index contributed by atoms with van der Waals surface area (Å²) in [5, 5.41) is 14.9. The van der Waals surface area contributed by atoms with Gasteiger partial charge >= 0.3 is 0 Å². The highest BCUT2D eigenvalue weighted by atomic mass is 16.2. The van der Waals surface area contributed by atoms with Gasteiger partial charge in [0.25, 0.3) is 0 Å². The van der Waals surface area contributed by atoms with E-state index in [2.05, 4.69) is 41.3 Å². The minimum absolute atomic E-state index is 0.0575. The highest BCUT2D eigenvalue weighted by molar-refractivity contribution is 5.91. The van der Waals surface area contributed by atoms with Crippen molar-refractivity contribution >= 4 is 35.5 Å². The summed E-state index contributed by atoms with van der Waals surface area (Å²) in [6.45, 7) is 2.79. The Morgan fingerprint density at radius 3 is 1.78 bits per heavy atom. The smallest absolute Gasteiger partial charge is 0.243 e. The van der Waals surface area contributed by atoms with Crippen LogP contribution in [0.5, 0.6) is 0 Å². The standard InChI is InChI=1S/C26H53N15O4/c1-17(42)38-20(11-7-14-35-26(31)32)24(45)40-21(10-2-4-12-27)23(44)39-18(8-6-13-34-25(29)30)16-36-19(22(28)43)9-3-5-15-37-41-33/h18-21,36H,2-16,27H2,1H3,(H2,28,43)(H,38,42)(H,39,44)(H,40,45)(H4,29,30,34)(H4,31,32,35)/t18-,19-,20-,21-/m0/s1. The number of carbonyl (C=O) groups is 4. The Hall–Kier alpha value is -4.35. The van der Waals surface area contributed by atoms with Crippen LogP contribution in [0, 0.1) is 0 Å². The fraction of sp³-hybridized carbons (Fsp3) is 0.769. The van der Waals surface area contributed by atoms with Crippen LogP contribution in [0.2, 0.25) is 0 Å². The molecule has 0 radical (unpaired) electrons. The number of unbranched alkanes of at least 4 members (excludes halogenated alkanes) is 2. The molecule has 19 heteroatoms. The third-order valence-electron chi connectivity index (χ3n) is 6.59. The number of rotatable bonds is 26. The van der Waals surface area contributed by atoms with Gasteiger partial charge in [-0.3, -0.25) is 29.2 Å². The van der Waals surface area contributed by atoms with Crippen LogP contribution in [0.4, 0.5) is 0 Å². The van der Waals surface area contributed by atoms with E-state index in [-0.39, 0.29) is 31.4 Å². The normalized spacial score (nSPS) is 13.2. The lowest BCUT2D eigenvalue weighted by Gasteiger charge is -2.27. The average molecular weight is 640 g/mol. The van der Waals surface area contributed by atoms with E-state index >= 15 is 0 Å². The van der Waals surface area contributed by atoms with Crippen molar-refractivity contribution in [2.45, 2.75) is 95.3 Å². The fourth-order valence-corrected chi connectivity index (χ4v) is 4.33. The van der Waals surface area contributed by atoms with E-state index in [0.717, 1.165) is 0 Å². The van der Waals surface area contributed by atoms with Crippen molar-refractivity contribution < 1.29 is 19.2 Å². The number of hydrogen-bond donors (Lipinski definition) is 10. The van der Waals surface area contributed by atoms with Gasteiger partial charge in [-0.25, -0.2) is 0 Å². The number of amides is 4. The highest BCUT2D eigenvalue weighted by Crippen LogP contribution is 2.08. The topological polar surface area (TPSA) is 346 Å². The summed E-state index contributed by atoms with van der Waals surface area (Å²) >= 11 is 0. The van der Waals surface area contributed by atoms with Crippen molar-refractivity contribution in [3.8, 4) is 0 Å². The second kappa shape index (κ2) is 25.0. The van der Waals surface area contributed by atoms with Crippen molar-refractivity contribution in [3.63, 3.8) is 0 Å². The third kappa shape index (κ3) is 21.9. The molecule has 0 aromatic heterocycles. The number of nitrogens with two attached hydrogens (primary N) is 6. The maximum absolute atomic E-state index is 13.5. The predicted molar refractivity (Wildman–Crippen MR) is 173 cm³/mol. The van der Waals surface area contributed by atoms with Crippen LogP contribution in [-0.4, -0.2) is 92.4 Å². The SMILES string of the molecule is CC(=O)N[C@@H](CCCN=C(N)N)C(=O)N[C@@H](CCCCN)C(=O)N[C@@H](CCCN=C(N)N)CN[C@@H](CCCCN=[N+]=[N-])C(N)=O. The van der Waals surface area contributed by atoms with Gasteiger partial charge in [0.2, 0.25) is 23.6 Å². The van der Waals surface area contributed by atoms with Crippen LogP contribution in [0.15, 0.2) is 15.1 Å². The minimum atomic E-state index is -0.925. The van der Waals surface area contributed by atoms with Gasteiger partial charge < -0.3 is 55.7 Å². The summed E-state index contributed by atoms with van der Waals surface area (Å²) in [6.07, 6.45) is 4.72. The van der Waals surface area contributed by atoms with Crippen LogP contribution < -0.4 is 55.7 Å². The molecule has 45 heavy (non-hydrogen) atoms. The second-order valence-corrected chi connectivity index (χ2v) is 10.5. The Bertz CT molecular complexity index is 1010. The summed E-state index contributed by atoms with van der Waals surface area (Å²) in [5.74, 6) is -2.07. The molecule has 0 bridgehead atoms. The van der Waals surface area contributed by atoms with Gasteiger partial charge in [-0.05, 0) is 69.9 Å². The number of primary amides is 1. The average Bonchev–Trinajstić information content (AvgIpc) is 2.96. The first kappa shape index (κ1) is 40.6. The molecule has 0 rings (SSSR count). The maximum Gasteiger partial charge on any atom is 0.243 e. The molecule has 0 aromatic carbocycles. The molecule has 0 aromatic rings. The number of azide groups is 1. The van der Waals surface area contributed by atoms with Crippen molar-refractivity contribution in [1.82, 2.24) is 21.3 Å². The molecular formula is C26H53N15O4. The monoisotopic (exact) mass is 639 g/mol. The van der Waals surface area contributed by atoms with Crippen LogP contribution in [0.3, 0.4) is 0 Å². The molecule has 256 valence electrons. The Morgan fingerprint density at radius 1 is 0.689 bits per heavy atom. The van der Waals surface area contributed by atoms with E-state index in [4.69, 9.17) is 39.9 Å². The van der Waals surface area contributed by atoms with E-state index in [1.165, 1.54) is 6.92 Å². The molecule has 0 aliphatic carbocycles. The van der Waals surface area contributed by atoms with Crippen molar-refractivity contribution in [2.75, 3.05) is 32.7 Å². The number of aliphatic imine (C=N–C) groups is 2. The van der Waals surface area contributed by atoms with Gasteiger partial charge in [0.15, 0.2) is 11.9 Å². The summed E-state index contributed by atoms with van der Waals surface area (Å²) in [4.78, 5) is 61.2.